The molecule has 0 aliphatic carbocycles. The number of hydrogen-bond donors (Lipinski definition) is 0. The highest BCUT2D eigenvalue weighted by molar-refractivity contribution is 6.89. The highest BCUT2D eigenvalue weighted by Crippen LogP contribution is 2.52. The third kappa shape index (κ3) is 5.19. The van der Waals surface area contributed by atoms with Gasteiger partial charge in [0.2, 0.25) is 0 Å². The first kappa shape index (κ1) is 39.7. The second-order valence-corrected chi connectivity index (χ2v) is 22.7. The van der Waals surface area contributed by atoms with Crippen LogP contribution >= 0.6 is 0 Å². The molecule has 0 bridgehead atoms. The van der Waals surface area contributed by atoms with E-state index in [2.05, 4.69) is 222 Å². The van der Waals surface area contributed by atoms with E-state index < -0.39 is 0 Å². The Morgan fingerprint density at radius 2 is 0.986 bits per heavy atom. The molecular weight excluding hydrogens is 862 g/mol. The van der Waals surface area contributed by atoms with Crippen molar-refractivity contribution in [2.75, 3.05) is 0 Å². The zero-order valence-corrected chi connectivity index (χ0v) is 40.7. The van der Waals surface area contributed by atoms with Crippen LogP contribution in [0.5, 0.6) is 0 Å². The average Bonchev–Trinajstić information content (AvgIpc) is 4.07. The lowest BCUT2D eigenvalue weighted by Crippen LogP contribution is -2.57. The Labute approximate surface area is 411 Å². The number of furan rings is 2. The van der Waals surface area contributed by atoms with Crippen molar-refractivity contribution in [3.63, 3.8) is 0 Å². The molecule has 3 nitrogen and oxygen atoms in total. The van der Waals surface area contributed by atoms with Gasteiger partial charge >= 0.3 is 6.85 Å². The Balaban J connectivity index is 1.14. The van der Waals surface area contributed by atoms with Crippen molar-refractivity contribution >= 4 is 127 Å². The molecule has 5 heterocycles. The number of fused-ring (bicyclic) bond motifs is 22. The molecule has 11 aromatic carbocycles. The molecule has 0 saturated heterocycles. The van der Waals surface area contributed by atoms with E-state index in [1.807, 2.05) is 0 Å². The maximum atomic E-state index is 7.10. The molecule has 0 spiro atoms. The number of hydrogen-bond acceptors (Lipinski definition) is 2. The van der Waals surface area contributed by atoms with Gasteiger partial charge < -0.3 is 13.3 Å². The van der Waals surface area contributed by atoms with Gasteiger partial charge in [-0.25, -0.2) is 0 Å². The summed E-state index contributed by atoms with van der Waals surface area (Å²) in [7, 11) is 0. The van der Waals surface area contributed by atoms with Gasteiger partial charge in [-0.3, -0.25) is 0 Å². The van der Waals surface area contributed by atoms with Gasteiger partial charge in [0, 0.05) is 49.4 Å². The third-order valence-electron chi connectivity index (χ3n) is 16.7. The van der Waals surface area contributed by atoms with E-state index in [9.17, 15) is 0 Å². The standard InChI is InChI=1S/C67H48BNO2/c1-66(2,3)39-27-38(28-40(33-39)67(4,5)6)59-51-31-36-29-48-43-19-9-7-17-41(43)42-18-8-10-20-44(42)49(48)30-37(36)32-54(51)68-63-52(59)35-58-60(47-23-13-16-26-57(47)70-58)61(63)53-34-50-45-21-12-15-25-56(45)71-65(50)62-46-22-11-14-24-55(46)69(68)64(53)62/h7-35,59H,1-6H3. The Kier molecular flexibility index (Phi) is 7.51. The van der Waals surface area contributed by atoms with Crippen LogP contribution in [-0.2, 0) is 10.8 Å². The summed E-state index contributed by atoms with van der Waals surface area (Å²) in [5, 5.41) is 17.2. The lowest BCUT2D eigenvalue weighted by Gasteiger charge is -2.39. The lowest BCUT2D eigenvalue weighted by atomic mass is 9.41. The van der Waals surface area contributed by atoms with Crippen LogP contribution in [-0.4, -0.2) is 11.3 Å². The first-order chi connectivity index (χ1) is 34.5. The Bertz CT molecular complexity index is 4700. The van der Waals surface area contributed by atoms with Crippen molar-refractivity contribution in [2.24, 2.45) is 0 Å². The molecule has 2 aliphatic heterocycles. The second kappa shape index (κ2) is 13.4. The van der Waals surface area contributed by atoms with Crippen LogP contribution in [0.4, 0.5) is 0 Å². The largest absolute Gasteiger partial charge is 0.456 e. The minimum atomic E-state index is -0.151. The summed E-state index contributed by atoms with van der Waals surface area (Å²) in [6.07, 6.45) is 0. The molecule has 0 fully saturated rings. The van der Waals surface area contributed by atoms with Gasteiger partial charge in [-0.1, -0.05) is 175 Å². The molecule has 336 valence electrons. The normalized spacial score (nSPS) is 14.7. The van der Waals surface area contributed by atoms with E-state index in [-0.39, 0.29) is 23.6 Å². The summed E-state index contributed by atoms with van der Waals surface area (Å²) in [6, 6.07) is 66.8. The van der Waals surface area contributed by atoms with E-state index in [1.165, 1.54) is 120 Å². The van der Waals surface area contributed by atoms with Gasteiger partial charge in [-0.2, -0.15) is 0 Å². The van der Waals surface area contributed by atoms with Gasteiger partial charge in [0.1, 0.15) is 22.3 Å². The Hall–Kier alpha value is -8.08. The summed E-state index contributed by atoms with van der Waals surface area (Å²) < 4.78 is 16.8. The minimum Gasteiger partial charge on any atom is -0.456 e. The highest BCUT2D eigenvalue weighted by atomic mass is 16.3. The topological polar surface area (TPSA) is 31.2 Å². The molecule has 0 radical (unpaired) electrons. The quantitative estimate of drug-likeness (QED) is 0.0933. The fourth-order valence-electron chi connectivity index (χ4n) is 13.4. The fraction of sp³-hybridized carbons (Fsp3) is 0.134. The van der Waals surface area contributed by atoms with E-state index in [0.717, 1.165) is 38.5 Å². The summed E-state index contributed by atoms with van der Waals surface area (Å²) in [5.74, 6) is -0.0955. The molecule has 16 rings (SSSR count). The monoisotopic (exact) mass is 909 g/mol. The zero-order chi connectivity index (χ0) is 47.4. The van der Waals surface area contributed by atoms with Crippen LogP contribution in [0.25, 0.3) is 120 Å². The van der Waals surface area contributed by atoms with Crippen LogP contribution in [0.3, 0.4) is 0 Å². The molecule has 2 aliphatic rings. The molecule has 0 saturated carbocycles. The molecule has 71 heavy (non-hydrogen) atoms. The van der Waals surface area contributed by atoms with Crippen molar-refractivity contribution < 1.29 is 8.83 Å². The van der Waals surface area contributed by atoms with E-state index in [1.54, 1.807) is 0 Å². The van der Waals surface area contributed by atoms with E-state index in [0.29, 0.717) is 0 Å². The SMILES string of the molecule is CC(C)(C)c1cc(C2c3cc4cc5c6ccccc6c6ccccc6c5cc4cc3B3c4c2cc2oc5ccccc5c2c4-c2cc4c5ccccc5oc4c4c5ccccc5n3c24)cc(C(C)(C)C)c1. The maximum Gasteiger partial charge on any atom is 0.329 e. The van der Waals surface area contributed by atoms with Crippen molar-refractivity contribution in [3.05, 3.63) is 204 Å². The molecule has 3 aromatic heterocycles. The zero-order valence-electron chi connectivity index (χ0n) is 40.7. The number of aromatic nitrogens is 1. The number of rotatable bonds is 1. The Morgan fingerprint density at radius 1 is 0.437 bits per heavy atom. The Morgan fingerprint density at radius 3 is 1.63 bits per heavy atom. The molecule has 0 amide bonds. The van der Waals surface area contributed by atoms with Gasteiger partial charge in [0.15, 0.2) is 0 Å². The predicted octanol–water partition coefficient (Wildman–Crippen LogP) is 16.9. The summed E-state index contributed by atoms with van der Waals surface area (Å²) in [6.45, 7) is 14.0. The van der Waals surface area contributed by atoms with E-state index in [4.69, 9.17) is 8.83 Å². The molecule has 1 atom stereocenters. The average molecular weight is 910 g/mol. The molecule has 14 aromatic rings. The third-order valence-corrected chi connectivity index (χ3v) is 16.7. The van der Waals surface area contributed by atoms with Gasteiger partial charge in [0.05, 0.1) is 5.39 Å². The fourth-order valence-corrected chi connectivity index (χ4v) is 13.4. The lowest BCUT2D eigenvalue weighted by molar-refractivity contribution is 0.566. The molecular formula is C67H48BNO2. The summed E-state index contributed by atoms with van der Waals surface area (Å²) >= 11 is 0. The van der Waals surface area contributed by atoms with Crippen LogP contribution in [0, 0.1) is 0 Å². The van der Waals surface area contributed by atoms with Gasteiger partial charge in [0.25, 0.3) is 0 Å². The smallest absolute Gasteiger partial charge is 0.329 e. The van der Waals surface area contributed by atoms with Crippen LogP contribution < -0.4 is 10.9 Å². The maximum absolute atomic E-state index is 7.10. The summed E-state index contributed by atoms with van der Waals surface area (Å²) in [4.78, 5) is 0. The van der Waals surface area contributed by atoms with Gasteiger partial charge in [-0.05, 0) is 141 Å². The number of para-hydroxylation sites is 3. The van der Waals surface area contributed by atoms with Crippen molar-refractivity contribution in [1.29, 1.82) is 0 Å². The highest BCUT2D eigenvalue weighted by Gasteiger charge is 2.46. The van der Waals surface area contributed by atoms with Crippen LogP contribution in [0.2, 0.25) is 0 Å². The second-order valence-electron chi connectivity index (χ2n) is 22.7. The van der Waals surface area contributed by atoms with Crippen molar-refractivity contribution in [2.45, 2.75) is 58.3 Å². The number of benzene rings is 11. The number of nitrogens with zero attached hydrogens (tertiary/aromatic N) is 1. The molecule has 4 heteroatoms. The summed E-state index contributed by atoms with van der Waals surface area (Å²) in [5.41, 5.74) is 17.8. The van der Waals surface area contributed by atoms with E-state index >= 15 is 0 Å². The molecule has 0 N–H and O–H groups in total. The minimum absolute atomic E-state index is 0.0718. The predicted molar refractivity (Wildman–Crippen MR) is 301 cm³/mol. The van der Waals surface area contributed by atoms with Crippen LogP contribution in [0.15, 0.2) is 185 Å². The first-order valence-electron chi connectivity index (χ1n) is 25.3. The first-order valence-corrected chi connectivity index (χ1v) is 25.3. The van der Waals surface area contributed by atoms with Gasteiger partial charge in [-0.15, -0.1) is 0 Å². The van der Waals surface area contributed by atoms with Crippen molar-refractivity contribution in [1.82, 2.24) is 4.48 Å². The van der Waals surface area contributed by atoms with Crippen molar-refractivity contribution in [3.8, 4) is 11.1 Å². The molecule has 1 unspecified atom stereocenters. The van der Waals surface area contributed by atoms with Crippen LogP contribution in [0.1, 0.15) is 75.3 Å².